The van der Waals surface area contributed by atoms with Crippen molar-refractivity contribution < 1.29 is 52.0 Å². The zero-order valence-corrected chi connectivity index (χ0v) is 40.2. The van der Waals surface area contributed by atoms with Crippen molar-refractivity contribution in [1.29, 1.82) is 0 Å². The lowest BCUT2D eigenvalue weighted by Crippen LogP contribution is -2.44. The van der Waals surface area contributed by atoms with Gasteiger partial charge in [-0.2, -0.15) is 11.8 Å². The number of amides is 2. The molecule has 0 aliphatic rings. The van der Waals surface area contributed by atoms with Crippen LogP contribution in [0.4, 0.5) is 8.78 Å². The summed E-state index contributed by atoms with van der Waals surface area (Å²) in [6, 6.07) is 14.3. The first-order valence-corrected chi connectivity index (χ1v) is 24.1. The number of thioether (sulfide) groups is 1. The summed E-state index contributed by atoms with van der Waals surface area (Å²) in [4.78, 5) is 52.8. The Balaban J connectivity index is 1.43. The Morgan fingerprint density at radius 3 is 2.14 bits per heavy atom. The molecule has 0 bridgehead atoms. The van der Waals surface area contributed by atoms with Crippen molar-refractivity contribution >= 4 is 35.3 Å². The van der Waals surface area contributed by atoms with Gasteiger partial charge in [0.1, 0.15) is 17.4 Å². The van der Waals surface area contributed by atoms with E-state index >= 15 is 4.39 Å². The number of carbonyl (C=O) groups is 4. The number of nitrogens with two attached hydrogens (primary N) is 1. The molecule has 3 aromatic rings. The van der Waals surface area contributed by atoms with E-state index in [9.17, 15) is 28.7 Å². The second-order valence-corrected chi connectivity index (χ2v) is 18.2. The van der Waals surface area contributed by atoms with Crippen LogP contribution in [-0.2, 0) is 44.7 Å². The van der Waals surface area contributed by atoms with Gasteiger partial charge in [0.2, 0.25) is 11.8 Å². The van der Waals surface area contributed by atoms with Gasteiger partial charge in [0.15, 0.2) is 0 Å². The van der Waals surface area contributed by atoms with Crippen LogP contribution in [0.2, 0.25) is 0 Å². The number of halogens is 2. The van der Waals surface area contributed by atoms with E-state index in [0.717, 1.165) is 67.0 Å². The lowest BCUT2D eigenvalue weighted by molar-refractivity contribution is -0.143. The van der Waals surface area contributed by atoms with Gasteiger partial charge in [0.05, 0.1) is 70.6 Å². The molecule has 1 heterocycles. The summed E-state index contributed by atoms with van der Waals surface area (Å²) in [6.07, 6.45) is 5.62. The summed E-state index contributed by atoms with van der Waals surface area (Å²) in [7, 11) is 1.92. The molecular formula is C49H73F2N5O9S. The van der Waals surface area contributed by atoms with Crippen LogP contribution in [-0.4, -0.2) is 136 Å². The normalized spacial score (nSPS) is 12.5. The zero-order valence-electron chi connectivity index (χ0n) is 39.3. The van der Waals surface area contributed by atoms with Crippen molar-refractivity contribution in [3.05, 3.63) is 83.7 Å². The molecule has 66 heavy (non-hydrogen) atoms. The van der Waals surface area contributed by atoms with Gasteiger partial charge in [-0.05, 0) is 74.6 Å². The Kier molecular flexibility index (Phi) is 26.9. The molecule has 2 amide bonds. The number of benzene rings is 2. The summed E-state index contributed by atoms with van der Waals surface area (Å²) in [5.41, 5.74) is 7.70. The maximum absolute atomic E-state index is 15.1. The second kappa shape index (κ2) is 31.7. The molecule has 0 aliphatic carbocycles. The largest absolute Gasteiger partial charge is 0.481 e. The number of nitrogens with zero attached hydrogens (tertiary/aromatic N) is 2. The summed E-state index contributed by atoms with van der Waals surface area (Å²) in [6.45, 7) is 11.1. The second-order valence-electron chi connectivity index (χ2n) is 17.1. The lowest BCUT2D eigenvalue weighted by Gasteiger charge is -2.41. The van der Waals surface area contributed by atoms with Crippen molar-refractivity contribution in [2.75, 3.05) is 97.6 Å². The van der Waals surface area contributed by atoms with E-state index in [1.807, 2.05) is 68.8 Å². The fourth-order valence-electron chi connectivity index (χ4n) is 7.30. The quantitative estimate of drug-likeness (QED) is 0.0466. The van der Waals surface area contributed by atoms with Gasteiger partial charge in [-0.3, -0.25) is 19.2 Å². The number of ether oxygens (including phenoxy) is 4. The average Bonchev–Trinajstić information content (AvgIpc) is 3.68. The van der Waals surface area contributed by atoms with Crippen molar-refractivity contribution in [2.45, 2.75) is 78.3 Å². The maximum Gasteiger partial charge on any atom is 0.307 e. The van der Waals surface area contributed by atoms with Crippen molar-refractivity contribution in [3.8, 4) is 11.1 Å². The highest BCUT2D eigenvalue weighted by Crippen LogP contribution is 2.41. The number of rotatable bonds is 36. The fraction of sp³-hybridized carbons (Fsp3) is 0.592. The van der Waals surface area contributed by atoms with Crippen molar-refractivity contribution in [1.82, 2.24) is 20.1 Å². The lowest BCUT2D eigenvalue weighted by atomic mass is 9.83. The van der Waals surface area contributed by atoms with Gasteiger partial charge in [-0.15, -0.1) is 0 Å². The van der Waals surface area contributed by atoms with Crippen LogP contribution in [0.5, 0.6) is 0 Å². The summed E-state index contributed by atoms with van der Waals surface area (Å²) in [5.74, 6) is -3.72. The Labute approximate surface area is 394 Å². The first kappa shape index (κ1) is 56.1. The molecule has 0 aliphatic heterocycles. The fourth-order valence-corrected chi connectivity index (χ4v) is 8.30. The minimum absolute atomic E-state index is 0.0369. The van der Waals surface area contributed by atoms with Gasteiger partial charge in [0, 0.05) is 67.7 Å². The standard InChI is InChI=1S/C49H73F2N5O9S/c1-49(2,3)47(44-31-38(42-32-40(50)15-16-43(42)51)34-55(44)33-37-12-7-5-8-13-37)56(21-11-18-52)46(59)36-66-35-39(48(60)61)30-41(57)17-22-62-24-26-64-28-29-65-27-25-63-23-20-54-45(58)14-9-6-10-19-53-4/h5,7-8,12-13,15-16,31-32,34,39,47,53H,6,9-11,14,17-30,33,35-36,52H2,1-4H3,(H,54,58)(H,60,61)/t39-,47-/m0/s1. The molecule has 1 aromatic heterocycles. The molecule has 0 saturated carbocycles. The Morgan fingerprint density at radius 1 is 0.833 bits per heavy atom. The average molecular weight is 946 g/mol. The molecule has 14 nitrogen and oxygen atoms in total. The summed E-state index contributed by atoms with van der Waals surface area (Å²) in [5, 5.41) is 15.9. The highest BCUT2D eigenvalue weighted by molar-refractivity contribution is 7.99. The summed E-state index contributed by atoms with van der Waals surface area (Å²) >= 11 is 1.16. The van der Waals surface area contributed by atoms with Crippen molar-refractivity contribution in [2.24, 2.45) is 17.1 Å². The number of carboxylic acid groups (broad SMARTS) is 1. The minimum atomic E-state index is -1.12. The number of ketones is 1. The number of aromatic nitrogens is 1. The molecule has 0 saturated heterocycles. The predicted molar refractivity (Wildman–Crippen MR) is 254 cm³/mol. The smallest absolute Gasteiger partial charge is 0.307 e. The number of hydrogen-bond acceptors (Lipinski definition) is 11. The number of aliphatic carboxylic acids is 1. The molecule has 0 radical (unpaired) electrons. The monoisotopic (exact) mass is 946 g/mol. The highest BCUT2D eigenvalue weighted by atomic mass is 32.2. The minimum Gasteiger partial charge on any atom is -0.481 e. The molecule has 3 rings (SSSR count). The molecule has 17 heteroatoms. The zero-order chi connectivity index (χ0) is 48.2. The SMILES string of the molecule is CNCCCCCC(=O)NCCOCCOCCOCCOCCC(=O)C[C@@H](CSCC(=O)N(CCCN)[C@@H](c1cc(-c2cc(F)ccc2F)cn1Cc1ccccc1)C(C)(C)C)C(=O)O. The van der Waals surface area contributed by atoms with Gasteiger partial charge < -0.3 is 49.9 Å². The number of hydrogen-bond donors (Lipinski definition) is 4. The Hall–Kier alpha value is -4.23. The molecule has 5 N–H and O–H groups in total. The van der Waals surface area contributed by atoms with Crippen LogP contribution in [0, 0.1) is 23.0 Å². The van der Waals surface area contributed by atoms with Gasteiger partial charge in [-0.25, -0.2) is 8.78 Å². The summed E-state index contributed by atoms with van der Waals surface area (Å²) < 4.78 is 53.5. The van der Waals surface area contributed by atoms with Crippen molar-refractivity contribution in [3.63, 3.8) is 0 Å². The molecule has 0 unspecified atom stereocenters. The van der Waals surface area contributed by atoms with E-state index in [1.54, 1.807) is 11.1 Å². The van der Waals surface area contributed by atoms with E-state index in [-0.39, 0.29) is 60.7 Å². The molecule has 2 aromatic carbocycles. The number of carbonyl (C=O) groups excluding carboxylic acids is 3. The number of nitrogens with one attached hydrogen (secondary N) is 2. The van der Waals surface area contributed by atoms with Gasteiger partial charge in [0.25, 0.3) is 0 Å². The topological polar surface area (TPSA) is 184 Å². The first-order valence-electron chi connectivity index (χ1n) is 23.0. The third kappa shape index (κ3) is 21.6. The van der Waals surface area contributed by atoms with Crippen LogP contribution in [0.25, 0.3) is 11.1 Å². The Morgan fingerprint density at radius 2 is 1.50 bits per heavy atom. The van der Waals surface area contributed by atoms with E-state index in [1.165, 1.54) is 0 Å². The van der Waals surface area contributed by atoms with Crippen LogP contribution < -0.4 is 16.4 Å². The molecule has 2 atom stereocenters. The van der Waals surface area contributed by atoms with E-state index in [2.05, 4.69) is 10.6 Å². The van der Waals surface area contributed by atoms with Gasteiger partial charge >= 0.3 is 5.97 Å². The molecule has 0 spiro atoms. The van der Waals surface area contributed by atoms with E-state index in [4.69, 9.17) is 24.7 Å². The third-order valence-electron chi connectivity index (χ3n) is 10.6. The maximum atomic E-state index is 15.1. The first-order chi connectivity index (χ1) is 31.7. The van der Waals surface area contributed by atoms with Crippen LogP contribution in [0.1, 0.15) is 83.0 Å². The predicted octanol–water partition coefficient (Wildman–Crippen LogP) is 6.49. The number of unbranched alkanes of at least 4 members (excludes halogenated alkanes) is 2. The van der Waals surface area contributed by atoms with Crippen LogP contribution >= 0.6 is 11.8 Å². The third-order valence-corrected chi connectivity index (χ3v) is 11.7. The highest BCUT2D eigenvalue weighted by Gasteiger charge is 2.37. The van der Waals surface area contributed by atoms with Crippen LogP contribution in [0.3, 0.4) is 0 Å². The number of carboxylic acids is 1. The Bertz CT molecular complexity index is 1880. The van der Waals surface area contributed by atoms with Crippen LogP contribution in [0.15, 0.2) is 60.8 Å². The van der Waals surface area contributed by atoms with Gasteiger partial charge in [-0.1, -0.05) is 57.5 Å². The molecular weight excluding hydrogens is 873 g/mol. The number of Topliss-reactive ketones (excluding diaryl/α,β-unsaturated/α-hetero) is 1. The molecule has 0 fully saturated rings. The van der Waals surface area contributed by atoms with E-state index < -0.39 is 35.0 Å². The molecule has 368 valence electrons. The van der Waals surface area contributed by atoms with E-state index in [0.29, 0.717) is 84.2 Å².